The van der Waals surface area contributed by atoms with Gasteiger partial charge in [0, 0.05) is 30.1 Å². The molecule has 0 saturated carbocycles. The fourth-order valence-electron chi connectivity index (χ4n) is 2.22. The molecular weight excluding hydrogens is 283 g/mol. The Bertz CT molecular complexity index is 548. The standard InChI is InChI=1S/C14H16N2O.2ClH/c1-2-11-8-15-9-13-14(17-11)12-6-4-3-5-10(12)7-16-13;;/h3-7,11,15H,2,8-9H2,1H3;2*1H/t11-;;/m1../s1. The van der Waals surface area contributed by atoms with Crippen LogP contribution in [0, 0.1) is 0 Å². The van der Waals surface area contributed by atoms with Gasteiger partial charge in [0.2, 0.25) is 0 Å². The third kappa shape index (κ3) is 3.11. The lowest BCUT2D eigenvalue weighted by atomic mass is 10.1. The Labute approximate surface area is 125 Å². The summed E-state index contributed by atoms with van der Waals surface area (Å²) < 4.78 is 6.09. The van der Waals surface area contributed by atoms with Crippen molar-refractivity contribution in [3.63, 3.8) is 0 Å². The third-order valence-electron chi connectivity index (χ3n) is 3.23. The topological polar surface area (TPSA) is 34.2 Å². The van der Waals surface area contributed by atoms with Crippen molar-refractivity contribution < 1.29 is 4.74 Å². The van der Waals surface area contributed by atoms with E-state index in [1.807, 2.05) is 18.3 Å². The summed E-state index contributed by atoms with van der Waals surface area (Å²) in [4.78, 5) is 4.49. The summed E-state index contributed by atoms with van der Waals surface area (Å²) >= 11 is 0. The van der Waals surface area contributed by atoms with Crippen LogP contribution in [0.15, 0.2) is 30.5 Å². The maximum atomic E-state index is 6.09. The average Bonchev–Trinajstić information content (AvgIpc) is 2.60. The van der Waals surface area contributed by atoms with Crippen molar-refractivity contribution >= 4 is 35.6 Å². The van der Waals surface area contributed by atoms with Crippen LogP contribution < -0.4 is 10.1 Å². The SMILES string of the molecule is CC[C@@H]1CNCc2ncc3ccccc3c2O1.Cl.Cl. The fourth-order valence-corrected chi connectivity index (χ4v) is 2.22. The molecule has 5 heteroatoms. The van der Waals surface area contributed by atoms with Gasteiger partial charge in [0.15, 0.2) is 0 Å². The first-order valence-corrected chi connectivity index (χ1v) is 6.12. The maximum absolute atomic E-state index is 6.09. The van der Waals surface area contributed by atoms with Crippen molar-refractivity contribution in [3.05, 3.63) is 36.2 Å². The molecule has 1 aliphatic heterocycles. The quantitative estimate of drug-likeness (QED) is 0.877. The first-order chi connectivity index (χ1) is 8.38. The van der Waals surface area contributed by atoms with Gasteiger partial charge in [-0.15, -0.1) is 24.8 Å². The number of benzene rings is 1. The number of nitrogens with zero attached hydrogens (tertiary/aromatic N) is 1. The van der Waals surface area contributed by atoms with Gasteiger partial charge in [-0.25, -0.2) is 0 Å². The van der Waals surface area contributed by atoms with Crippen LogP contribution in [-0.2, 0) is 6.54 Å². The molecule has 2 aromatic rings. The molecule has 0 aliphatic carbocycles. The lowest BCUT2D eigenvalue weighted by Crippen LogP contribution is -2.27. The predicted octanol–water partition coefficient (Wildman–Crippen LogP) is 3.34. The Morgan fingerprint density at radius 3 is 2.89 bits per heavy atom. The van der Waals surface area contributed by atoms with Crippen molar-refractivity contribution in [1.29, 1.82) is 0 Å². The molecule has 0 spiro atoms. The summed E-state index contributed by atoms with van der Waals surface area (Å²) in [5, 5.41) is 5.69. The summed E-state index contributed by atoms with van der Waals surface area (Å²) in [5.41, 5.74) is 1.01. The highest BCUT2D eigenvalue weighted by Gasteiger charge is 2.18. The first-order valence-electron chi connectivity index (χ1n) is 6.12. The predicted molar refractivity (Wildman–Crippen MR) is 82.7 cm³/mol. The second kappa shape index (κ2) is 6.94. The lowest BCUT2D eigenvalue weighted by molar-refractivity contribution is 0.204. The van der Waals surface area contributed by atoms with Crippen molar-refractivity contribution in [3.8, 4) is 5.75 Å². The fraction of sp³-hybridized carbons (Fsp3) is 0.357. The molecule has 0 bridgehead atoms. The van der Waals surface area contributed by atoms with Gasteiger partial charge in [-0.2, -0.15) is 0 Å². The van der Waals surface area contributed by atoms with E-state index in [9.17, 15) is 0 Å². The Morgan fingerprint density at radius 1 is 1.32 bits per heavy atom. The zero-order valence-corrected chi connectivity index (χ0v) is 12.4. The van der Waals surface area contributed by atoms with Crippen molar-refractivity contribution in [2.45, 2.75) is 26.0 Å². The molecule has 0 unspecified atom stereocenters. The van der Waals surface area contributed by atoms with Crippen molar-refractivity contribution in [2.24, 2.45) is 0 Å². The molecule has 1 atom stereocenters. The van der Waals surface area contributed by atoms with E-state index < -0.39 is 0 Å². The maximum Gasteiger partial charge on any atom is 0.150 e. The van der Waals surface area contributed by atoms with Gasteiger partial charge < -0.3 is 10.1 Å². The number of nitrogens with one attached hydrogen (secondary N) is 1. The van der Waals surface area contributed by atoms with Crippen LogP contribution in [0.2, 0.25) is 0 Å². The van der Waals surface area contributed by atoms with Crippen molar-refractivity contribution in [1.82, 2.24) is 10.3 Å². The minimum atomic E-state index is 0. The molecule has 0 amide bonds. The molecule has 1 aromatic carbocycles. The van der Waals surface area contributed by atoms with E-state index in [1.54, 1.807) is 0 Å². The minimum absolute atomic E-state index is 0. The number of halogens is 2. The van der Waals surface area contributed by atoms with Crippen LogP contribution in [0.5, 0.6) is 5.75 Å². The van der Waals surface area contributed by atoms with E-state index in [4.69, 9.17) is 4.74 Å². The van der Waals surface area contributed by atoms with Gasteiger partial charge in [-0.3, -0.25) is 4.98 Å². The van der Waals surface area contributed by atoms with Crippen LogP contribution in [0.1, 0.15) is 19.0 Å². The molecule has 2 heterocycles. The lowest BCUT2D eigenvalue weighted by Gasteiger charge is -2.16. The van der Waals surface area contributed by atoms with E-state index in [-0.39, 0.29) is 30.9 Å². The van der Waals surface area contributed by atoms with Gasteiger partial charge >= 0.3 is 0 Å². The second-order valence-electron chi connectivity index (χ2n) is 4.40. The summed E-state index contributed by atoms with van der Waals surface area (Å²) in [6, 6.07) is 8.26. The highest BCUT2D eigenvalue weighted by molar-refractivity contribution is 5.88. The van der Waals surface area contributed by atoms with Crippen LogP contribution in [0.4, 0.5) is 0 Å². The summed E-state index contributed by atoms with van der Waals surface area (Å²) in [7, 11) is 0. The molecule has 0 fully saturated rings. The van der Waals surface area contributed by atoms with Gasteiger partial charge in [-0.1, -0.05) is 31.2 Å². The van der Waals surface area contributed by atoms with Crippen LogP contribution in [0.25, 0.3) is 10.8 Å². The summed E-state index contributed by atoms with van der Waals surface area (Å²) in [6.45, 7) is 3.83. The molecule has 0 saturated heterocycles. The normalized spacial score (nSPS) is 17.4. The number of fused-ring (bicyclic) bond motifs is 3. The molecule has 1 N–H and O–H groups in total. The Balaban J connectivity index is 0.000000902. The second-order valence-corrected chi connectivity index (χ2v) is 4.40. The molecule has 0 radical (unpaired) electrons. The molecule has 104 valence electrons. The Morgan fingerprint density at radius 2 is 2.11 bits per heavy atom. The highest BCUT2D eigenvalue weighted by Crippen LogP contribution is 2.30. The zero-order chi connectivity index (χ0) is 11.7. The number of hydrogen-bond donors (Lipinski definition) is 1. The summed E-state index contributed by atoms with van der Waals surface area (Å²) in [6.07, 6.45) is 3.17. The molecule has 19 heavy (non-hydrogen) atoms. The molecule has 3 rings (SSSR count). The Hall–Kier alpha value is -1.03. The number of hydrogen-bond acceptors (Lipinski definition) is 3. The number of pyridine rings is 1. The van der Waals surface area contributed by atoms with E-state index >= 15 is 0 Å². The largest absolute Gasteiger partial charge is 0.486 e. The van der Waals surface area contributed by atoms with Gasteiger partial charge in [0.05, 0.1) is 5.69 Å². The van der Waals surface area contributed by atoms with E-state index in [1.165, 1.54) is 5.39 Å². The summed E-state index contributed by atoms with van der Waals surface area (Å²) in [5.74, 6) is 0.958. The van der Waals surface area contributed by atoms with Crippen LogP contribution in [0.3, 0.4) is 0 Å². The van der Waals surface area contributed by atoms with E-state index in [0.29, 0.717) is 0 Å². The molecule has 1 aliphatic rings. The van der Waals surface area contributed by atoms with E-state index in [2.05, 4.69) is 29.4 Å². The van der Waals surface area contributed by atoms with Crippen LogP contribution >= 0.6 is 24.8 Å². The van der Waals surface area contributed by atoms with Gasteiger partial charge in [-0.05, 0) is 6.42 Å². The average molecular weight is 301 g/mol. The molecule has 3 nitrogen and oxygen atoms in total. The molecular formula is C14H18Cl2N2O. The van der Waals surface area contributed by atoms with Crippen molar-refractivity contribution in [2.75, 3.05) is 6.54 Å². The molecule has 1 aromatic heterocycles. The number of rotatable bonds is 1. The smallest absolute Gasteiger partial charge is 0.150 e. The van der Waals surface area contributed by atoms with E-state index in [0.717, 1.165) is 36.3 Å². The third-order valence-corrected chi connectivity index (χ3v) is 3.23. The van der Waals surface area contributed by atoms with Crippen LogP contribution in [-0.4, -0.2) is 17.6 Å². The number of ether oxygens (including phenoxy) is 1. The highest BCUT2D eigenvalue weighted by atomic mass is 35.5. The monoisotopic (exact) mass is 300 g/mol. The van der Waals surface area contributed by atoms with Gasteiger partial charge in [0.25, 0.3) is 0 Å². The minimum Gasteiger partial charge on any atom is -0.486 e. The number of aromatic nitrogens is 1. The van der Waals surface area contributed by atoms with Gasteiger partial charge in [0.1, 0.15) is 11.9 Å². The zero-order valence-electron chi connectivity index (χ0n) is 10.8. The first kappa shape index (κ1) is 16.0. The Kier molecular flexibility index (Phi) is 5.85.